The van der Waals surface area contributed by atoms with Crippen LogP contribution in [-0.4, -0.2) is 24.4 Å². The molecule has 0 amide bonds. The molecule has 1 atom stereocenters. The van der Waals surface area contributed by atoms with Gasteiger partial charge in [0.05, 0.1) is 17.7 Å². The second-order valence-electron chi connectivity index (χ2n) is 3.44. The van der Waals surface area contributed by atoms with E-state index in [9.17, 15) is 5.11 Å². The number of aliphatic hydroxyl groups excluding tert-OH is 1. The highest BCUT2D eigenvalue weighted by Crippen LogP contribution is 2.19. The second-order valence-corrected chi connectivity index (χ2v) is 3.44. The number of hydrogen-bond donors (Lipinski definition) is 1. The van der Waals surface area contributed by atoms with E-state index < -0.39 is 6.10 Å². The van der Waals surface area contributed by atoms with Gasteiger partial charge in [0, 0.05) is 26.0 Å². The maximum absolute atomic E-state index is 10.1. The lowest BCUT2D eigenvalue weighted by molar-refractivity contribution is 0.203. The molecule has 2 rings (SSSR count). The molecule has 2 heterocycles. The smallest absolute Gasteiger partial charge is 0.139 e. The molecule has 0 bridgehead atoms. The fourth-order valence-electron chi connectivity index (χ4n) is 1.57. The van der Waals surface area contributed by atoms with Crippen molar-refractivity contribution in [3.05, 3.63) is 36.2 Å². The van der Waals surface area contributed by atoms with Gasteiger partial charge in [0.2, 0.25) is 0 Å². The van der Waals surface area contributed by atoms with Crippen LogP contribution in [-0.2, 0) is 13.6 Å². The summed E-state index contributed by atoms with van der Waals surface area (Å²) >= 11 is 0. The maximum atomic E-state index is 10.1. The van der Waals surface area contributed by atoms with Crippen LogP contribution in [0, 0.1) is 0 Å². The average molecular weight is 206 g/mol. The average Bonchev–Trinajstić information content (AvgIpc) is 2.84. The van der Waals surface area contributed by atoms with E-state index in [1.54, 1.807) is 23.4 Å². The Bertz CT molecular complexity index is 446. The quantitative estimate of drug-likeness (QED) is 0.805. The highest BCUT2D eigenvalue weighted by atomic mass is 16.3. The van der Waals surface area contributed by atoms with Crippen molar-refractivity contribution >= 4 is 0 Å². The normalized spacial score (nSPS) is 13.0. The Hall–Kier alpha value is -1.62. The van der Waals surface area contributed by atoms with Crippen molar-refractivity contribution in [3.63, 3.8) is 0 Å². The van der Waals surface area contributed by atoms with Crippen LogP contribution in [0.2, 0.25) is 0 Å². The van der Waals surface area contributed by atoms with E-state index in [0.29, 0.717) is 5.69 Å². The SMILES string of the molecule is CCn1nccc1C(O)c1cn(C)cn1. The van der Waals surface area contributed by atoms with Crippen molar-refractivity contribution in [3.8, 4) is 0 Å². The van der Waals surface area contributed by atoms with Crippen molar-refractivity contribution in [2.75, 3.05) is 0 Å². The molecule has 2 aromatic heterocycles. The first-order valence-electron chi connectivity index (χ1n) is 4.90. The van der Waals surface area contributed by atoms with E-state index in [0.717, 1.165) is 12.2 Å². The summed E-state index contributed by atoms with van der Waals surface area (Å²) in [6.07, 6.45) is 4.46. The Morgan fingerprint density at radius 3 is 2.93 bits per heavy atom. The third-order valence-electron chi connectivity index (χ3n) is 2.33. The molecular weight excluding hydrogens is 192 g/mol. The number of aromatic nitrogens is 4. The minimum atomic E-state index is -0.700. The maximum Gasteiger partial charge on any atom is 0.139 e. The zero-order chi connectivity index (χ0) is 10.8. The first kappa shape index (κ1) is 9.92. The van der Waals surface area contributed by atoms with Gasteiger partial charge in [-0.2, -0.15) is 5.10 Å². The van der Waals surface area contributed by atoms with Gasteiger partial charge >= 0.3 is 0 Å². The van der Waals surface area contributed by atoms with Crippen LogP contribution in [0.1, 0.15) is 24.4 Å². The van der Waals surface area contributed by atoms with Crippen LogP contribution in [0.15, 0.2) is 24.8 Å². The van der Waals surface area contributed by atoms with E-state index in [1.807, 2.05) is 24.6 Å². The van der Waals surface area contributed by atoms with Gasteiger partial charge in [-0.25, -0.2) is 4.98 Å². The summed E-state index contributed by atoms with van der Waals surface area (Å²) in [6, 6.07) is 1.81. The van der Waals surface area contributed by atoms with Crippen LogP contribution >= 0.6 is 0 Å². The molecule has 0 aromatic carbocycles. The molecule has 0 spiro atoms. The Morgan fingerprint density at radius 2 is 2.33 bits per heavy atom. The van der Waals surface area contributed by atoms with Gasteiger partial charge in [-0.1, -0.05) is 0 Å². The first-order chi connectivity index (χ1) is 7.22. The molecule has 0 radical (unpaired) electrons. The molecule has 5 nitrogen and oxygen atoms in total. The highest BCUT2D eigenvalue weighted by molar-refractivity contribution is 5.16. The third kappa shape index (κ3) is 1.78. The Labute approximate surface area is 88.0 Å². The van der Waals surface area contributed by atoms with Crippen LogP contribution in [0.3, 0.4) is 0 Å². The first-order valence-corrected chi connectivity index (χ1v) is 4.90. The van der Waals surface area contributed by atoms with Gasteiger partial charge in [-0.15, -0.1) is 0 Å². The summed E-state index contributed by atoms with van der Waals surface area (Å²) in [6.45, 7) is 2.73. The summed E-state index contributed by atoms with van der Waals surface area (Å²) in [5.41, 5.74) is 1.42. The van der Waals surface area contributed by atoms with Gasteiger partial charge in [0.15, 0.2) is 0 Å². The van der Waals surface area contributed by atoms with Crippen LogP contribution in [0.25, 0.3) is 0 Å². The van der Waals surface area contributed by atoms with Gasteiger partial charge in [0.25, 0.3) is 0 Å². The highest BCUT2D eigenvalue weighted by Gasteiger charge is 2.16. The van der Waals surface area contributed by atoms with Crippen LogP contribution in [0.4, 0.5) is 0 Å². The van der Waals surface area contributed by atoms with Crippen LogP contribution in [0.5, 0.6) is 0 Å². The summed E-state index contributed by atoms with van der Waals surface area (Å²) in [4.78, 5) is 4.12. The Morgan fingerprint density at radius 1 is 1.53 bits per heavy atom. The standard InChI is InChI=1S/C10H14N4O/c1-3-14-9(4-5-12-14)10(15)8-6-13(2)7-11-8/h4-7,10,15H,3H2,1-2H3. The lowest BCUT2D eigenvalue weighted by Gasteiger charge is -2.09. The second kappa shape index (κ2) is 3.86. The van der Waals surface area contributed by atoms with Crippen molar-refractivity contribution < 1.29 is 5.11 Å². The summed E-state index contributed by atoms with van der Waals surface area (Å²) in [7, 11) is 1.88. The van der Waals surface area contributed by atoms with Gasteiger partial charge in [-0.3, -0.25) is 4.68 Å². The lowest BCUT2D eigenvalue weighted by atomic mass is 10.2. The molecule has 0 aliphatic rings. The molecule has 0 aliphatic carbocycles. The molecule has 2 aromatic rings. The predicted octanol–water partition coefficient (Wildman–Crippen LogP) is 0.718. The summed E-state index contributed by atoms with van der Waals surface area (Å²) < 4.78 is 3.57. The van der Waals surface area contributed by atoms with E-state index in [2.05, 4.69) is 10.1 Å². The molecule has 15 heavy (non-hydrogen) atoms. The largest absolute Gasteiger partial charge is 0.380 e. The number of imidazole rings is 1. The van der Waals surface area contributed by atoms with E-state index in [1.165, 1.54) is 0 Å². The van der Waals surface area contributed by atoms with E-state index >= 15 is 0 Å². The number of aliphatic hydroxyl groups is 1. The molecule has 5 heteroatoms. The summed E-state index contributed by atoms with van der Waals surface area (Å²) in [5, 5.41) is 14.2. The van der Waals surface area contributed by atoms with E-state index in [-0.39, 0.29) is 0 Å². The van der Waals surface area contributed by atoms with Crippen molar-refractivity contribution in [1.82, 2.24) is 19.3 Å². The molecule has 0 saturated heterocycles. The van der Waals surface area contributed by atoms with Gasteiger partial charge in [-0.05, 0) is 13.0 Å². The number of aryl methyl sites for hydroxylation is 2. The van der Waals surface area contributed by atoms with Crippen LogP contribution < -0.4 is 0 Å². The van der Waals surface area contributed by atoms with Crippen molar-refractivity contribution in [1.29, 1.82) is 0 Å². The monoisotopic (exact) mass is 206 g/mol. The number of hydrogen-bond acceptors (Lipinski definition) is 3. The number of nitrogens with zero attached hydrogens (tertiary/aromatic N) is 4. The fraction of sp³-hybridized carbons (Fsp3) is 0.400. The zero-order valence-corrected chi connectivity index (χ0v) is 8.83. The van der Waals surface area contributed by atoms with Crippen molar-refractivity contribution in [2.24, 2.45) is 7.05 Å². The Balaban J connectivity index is 2.31. The zero-order valence-electron chi connectivity index (χ0n) is 8.83. The molecule has 80 valence electrons. The molecule has 0 aliphatic heterocycles. The fourth-order valence-corrected chi connectivity index (χ4v) is 1.57. The summed E-state index contributed by atoms with van der Waals surface area (Å²) in [5.74, 6) is 0. The van der Waals surface area contributed by atoms with Gasteiger partial charge in [0.1, 0.15) is 6.10 Å². The number of rotatable bonds is 3. The lowest BCUT2D eigenvalue weighted by Crippen LogP contribution is -2.09. The predicted molar refractivity (Wildman–Crippen MR) is 55.2 cm³/mol. The topological polar surface area (TPSA) is 55.9 Å². The van der Waals surface area contributed by atoms with Gasteiger partial charge < -0.3 is 9.67 Å². The minimum Gasteiger partial charge on any atom is -0.380 e. The molecular formula is C10H14N4O. The van der Waals surface area contributed by atoms with Crippen molar-refractivity contribution in [2.45, 2.75) is 19.6 Å². The molecule has 1 N–H and O–H groups in total. The minimum absolute atomic E-state index is 0.646. The third-order valence-corrected chi connectivity index (χ3v) is 2.33. The molecule has 0 fully saturated rings. The Kier molecular flexibility index (Phi) is 2.55. The van der Waals surface area contributed by atoms with E-state index in [4.69, 9.17) is 0 Å². The molecule has 0 saturated carbocycles. The molecule has 1 unspecified atom stereocenters.